The highest BCUT2D eigenvalue weighted by Gasteiger charge is 2.02. The SMILES string of the molecule is C=CC(=O)O.CCOC(=O)C(C)=CO.O=P(O)(O)O. The van der Waals surface area contributed by atoms with Gasteiger partial charge < -0.3 is 29.6 Å². The maximum Gasteiger partial charge on any atom is 0.466 e. The highest BCUT2D eigenvalue weighted by molar-refractivity contribution is 7.45. The molecule has 0 saturated carbocycles. The van der Waals surface area contributed by atoms with Gasteiger partial charge >= 0.3 is 19.8 Å². The fourth-order valence-electron chi connectivity index (χ4n) is 0.298. The summed E-state index contributed by atoms with van der Waals surface area (Å²) < 4.78 is 13.4. The van der Waals surface area contributed by atoms with Crippen LogP contribution < -0.4 is 0 Å². The second-order valence-electron chi connectivity index (χ2n) is 2.59. The molecule has 0 unspecified atom stereocenters. The number of aliphatic carboxylic acids is 1. The quantitative estimate of drug-likeness (QED) is 0.214. The lowest BCUT2D eigenvalue weighted by Gasteiger charge is -1.97. The van der Waals surface area contributed by atoms with Crippen molar-refractivity contribution in [3.63, 3.8) is 0 Å². The highest BCUT2D eigenvalue weighted by atomic mass is 31.2. The van der Waals surface area contributed by atoms with Gasteiger partial charge in [0, 0.05) is 6.08 Å². The summed E-state index contributed by atoms with van der Waals surface area (Å²) in [6.07, 6.45) is 1.57. The van der Waals surface area contributed by atoms with E-state index in [1.54, 1.807) is 6.92 Å². The van der Waals surface area contributed by atoms with Crippen LogP contribution in [0.3, 0.4) is 0 Å². The Morgan fingerprint density at radius 1 is 1.32 bits per heavy atom. The standard InChI is InChI=1S/C6H10O3.C3H4O2.H3O4P/c1-3-9-6(8)5(2)4-7;1-2-3(4)5;1-5(2,3)4/h4,7H,3H2,1-2H3;2H,1H2,(H,4,5);(H3,1,2,3,4). The van der Waals surface area contributed by atoms with Gasteiger partial charge in [0.25, 0.3) is 0 Å². The normalized spacial score (nSPS) is 10.1. The van der Waals surface area contributed by atoms with Gasteiger partial charge in [-0.1, -0.05) is 6.58 Å². The zero-order valence-electron chi connectivity index (χ0n) is 10.4. The lowest BCUT2D eigenvalue weighted by Crippen LogP contribution is -2.04. The third kappa shape index (κ3) is 38.5. The van der Waals surface area contributed by atoms with E-state index in [9.17, 15) is 9.59 Å². The number of rotatable bonds is 3. The van der Waals surface area contributed by atoms with E-state index in [-0.39, 0.29) is 5.57 Å². The molecule has 9 nitrogen and oxygen atoms in total. The Labute approximate surface area is 109 Å². The van der Waals surface area contributed by atoms with Crippen molar-refractivity contribution in [2.45, 2.75) is 13.8 Å². The fraction of sp³-hybridized carbons (Fsp3) is 0.333. The van der Waals surface area contributed by atoms with Crippen LogP contribution >= 0.6 is 7.82 Å². The van der Waals surface area contributed by atoms with Crippen molar-refractivity contribution in [2.24, 2.45) is 0 Å². The molecule has 0 aliphatic heterocycles. The first-order valence-electron chi connectivity index (χ1n) is 4.61. The zero-order chi connectivity index (χ0) is 16.1. The van der Waals surface area contributed by atoms with Crippen LogP contribution in [0.1, 0.15) is 13.8 Å². The Balaban J connectivity index is -0.000000219. The minimum atomic E-state index is -4.64. The monoisotopic (exact) mass is 300 g/mol. The lowest BCUT2D eigenvalue weighted by atomic mass is 10.3. The van der Waals surface area contributed by atoms with E-state index >= 15 is 0 Å². The van der Waals surface area contributed by atoms with Crippen molar-refractivity contribution in [3.05, 3.63) is 24.5 Å². The van der Waals surface area contributed by atoms with Crippen molar-refractivity contribution >= 4 is 19.8 Å². The van der Waals surface area contributed by atoms with Crippen molar-refractivity contribution in [3.8, 4) is 0 Å². The van der Waals surface area contributed by atoms with E-state index in [4.69, 9.17) is 29.5 Å². The van der Waals surface area contributed by atoms with Gasteiger partial charge in [-0.15, -0.1) is 0 Å². The molecule has 0 spiro atoms. The smallest absolute Gasteiger partial charge is 0.466 e. The molecular formula is C9H17O9P. The zero-order valence-corrected chi connectivity index (χ0v) is 11.3. The van der Waals surface area contributed by atoms with Gasteiger partial charge in [-0.05, 0) is 13.8 Å². The number of hydrogen-bond donors (Lipinski definition) is 5. The van der Waals surface area contributed by atoms with Gasteiger partial charge in [0.1, 0.15) is 0 Å². The molecule has 0 aromatic rings. The Bertz CT molecular complexity index is 346. The summed E-state index contributed by atoms with van der Waals surface area (Å²) in [4.78, 5) is 41.3. The predicted molar refractivity (Wildman–Crippen MR) is 65.1 cm³/mol. The predicted octanol–water partition coefficient (Wildman–Crippen LogP) is 0.340. The van der Waals surface area contributed by atoms with Crippen LogP contribution in [-0.4, -0.2) is 43.4 Å². The van der Waals surface area contributed by atoms with Gasteiger partial charge in [0.15, 0.2) is 0 Å². The second-order valence-corrected chi connectivity index (χ2v) is 3.61. The van der Waals surface area contributed by atoms with E-state index < -0.39 is 19.8 Å². The minimum Gasteiger partial charge on any atom is -0.515 e. The number of carbonyl (C=O) groups is 2. The molecule has 0 fully saturated rings. The number of phosphoric acid groups is 1. The number of esters is 1. The third-order valence-electron chi connectivity index (χ3n) is 0.966. The maximum atomic E-state index is 10.5. The lowest BCUT2D eigenvalue weighted by molar-refractivity contribution is -0.138. The largest absolute Gasteiger partial charge is 0.515 e. The molecule has 112 valence electrons. The molecule has 0 atom stereocenters. The number of ether oxygens (including phenoxy) is 1. The molecule has 0 saturated heterocycles. The maximum absolute atomic E-state index is 10.5. The van der Waals surface area contributed by atoms with Crippen LogP contribution in [0.4, 0.5) is 0 Å². The molecule has 0 amide bonds. The number of aliphatic hydroxyl groups excluding tert-OH is 1. The number of carboxylic acids is 1. The average Bonchev–Trinajstić information content (AvgIpc) is 2.26. The molecule has 0 bridgehead atoms. The van der Waals surface area contributed by atoms with Crippen molar-refractivity contribution in [2.75, 3.05) is 6.61 Å². The molecule has 0 aliphatic carbocycles. The van der Waals surface area contributed by atoms with E-state index in [0.29, 0.717) is 6.61 Å². The molecule has 0 aromatic carbocycles. The Hall–Kier alpha value is -1.67. The summed E-state index contributed by atoms with van der Waals surface area (Å²) in [6, 6.07) is 0. The van der Waals surface area contributed by atoms with Crippen molar-refractivity contribution in [1.82, 2.24) is 0 Å². The van der Waals surface area contributed by atoms with Crippen LogP contribution in [0.15, 0.2) is 24.5 Å². The number of aliphatic hydroxyl groups is 1. The van der Waals surface area contributed by atoms with Crippen LogP contribution in [0.2, 0.25) is 0 Å². The Kier molecular flexibility index (Phi) is 15.1. The van der Waals surface area contributed by atoms with Crippen LogP contribution in [0.5, 0.6) is 0 Å². The molecule has 0 aromatic heterocycles. The van der Waals surface area contributed by atoms with Gasteiger partial charge in [-0.2, -0.15) is 0 Å². The van der Waals surface area contributed by atoms with Crippen LogP contribution in [0, 0.1) is 0 Å². The highest BCUT2D eigenvalue weighted by Crippen LogP contribution is 2.25. The Morgan fingerprint density at radius 3 is 1.79 bits per heavy atom. The van der Waals surface area contributed by atoms with E-state index in [1.165, 1.54) is 6.92 Å². The first-order valence-corrected chi connectivity index (χ1v) is 6.17. The summed E-state index contributed by atoms with van der Waals surface area (Å²) in [5.41, 5.74) is 0.219. The van der Waals surface area contributed by atoms with E-state index in [2.05, 4.69) is 11.3 Å². The van der Waals surface area contributed by atoms with Crippen LogP contribution in [-0.2, 0) is 18.9 Å². The second kappa shape index (κ2) is 12.8. The van der Waals surface area contributed by atoms with E-state index in [0.717, 1.165) is 12.3 Å². The average molecular weight is 300 g/mol. The summed E-state index contributed by atoms with van der Waals surface area (Å²) in [7, 11) is -4.64. The molecule has 5 N–H and O–H groups in total. The number of hydrogen-bond acceptors (Lipinski definition) is 5. The molecule has 0 heterocycles. The molecule has 19 heavy (non-hydrogen) atoms. The minimum absolute atomic E-state index is 0.219. The van der Waals surface area contributed by atoms with Crippen molar-refractivity contribution < 1.29 is 43.8 Å². The van der Waals surface area contributed by atoms with Gasteiger partial charge in [-0.3, -0.25) is 0 Å². The first-order chi connectivity index (χ1) is 8.49. The topological polar surface area (TPSA) is 162 Å². The summed E-state index contributed by atoms with van der Waals surface area (Å²) in [6.45, 7) is 6.49. The fourth-order valence-corrected chi connectivity index (χ4v) is 0.298. The van der Waals surface area contributed by atoms with Crippen molar-refractivity contribution in [1.29, 1.82) is 0 Å². The van der Waals surface area contributed by atoms with E-state index in [1.807, 2.05) is 0 Å². The molecule has 0 radical (unpaired) electrons. The molecule has 0 aliphatic rings. The number of carboxylic acid groups (broad SMARTS) is 1. The molecular weight excluding hydrogens is 283 g/mol. The van der Waals surface area contributed by atoms with Gasteiger partial charge in [-0.25, -0.2) is 14.2 Å². The first kappa shape index (κ1) is 22.5. The summed E-state index contributed by atoms with van der Waals surface area (Å²) in [5.74, 6) is -1.45. The molecule has 0 rings (SSSR count). The Morgan fingerprint density at radius 2 is 1.63 bits per heavy atom. The van der Waals surface area contributed by atoms with Gasteiger partial charge in [0.05, 0.1) is 18.4 Å². The summed E-state index contributed by atoms with van der Waals surface area (Å²) in [5, 5.41) is 15.9. The molecule has 10 heteroatoms. The van der Waals surface area contributed by atoms with Gasteiger partial charge in [0.2, 0.25) is 0 Å². The number of carbonyl (C=O) groups excluding carboxylic acids is 1. The third-order valence-corrected chi connectivity index (χ3v) is 0.966. The summed E-state index contributed by atoms with van der Waals surface area (Å²) >= 11 is 0. The van der Waals surface area contributed by atoms with Crippen LogP contribution in [0.25, 0.3) is 0 Å².